The summed E-state index contributed by atoms with van der Waals surface area (Å²) in [5, 5.41) is 0. The van der Waals surface area contributed by atoms with Gasteiger partial charge >= 0.3 is 11.9 Å². The fraction of sp³-hybridized carbons (Fsp3) is 0.571. The van der Waals surface area contributed by atoms with E-state index < -0.39 is 23.8 Å². The molecule has 0 amide bonds. The molecule has 0 N–H and O–H groups in total. The molecule has 19 heavy (non-hydrogen) atoms. The Kier molecular flexibility index (Phi) is 2.66. The number of hydrogen-bond donors (Lipinski definition) is 0. The zero-order chi connectivity index (χ0) is 13.7. The second kappa shape index (κ2) is 4.11. The van der Waals surface area contributed by atoms with Gasteiger partial charge in [-0.3, -0.25) is 19.2 Å². The van der Waals surface area contributed by atoms with Crippen LogP contribution in [-0.4, -0.2) is 23.5 Å². The third-order valence-electron chi connectivity index (χ3n) is 4.47. The number of allylic oxidation sites excluding steroid dienone is 1. The minimum Gasteiger partial charge on any atom is -0.392 e. The van der Waals surface area contributed by atoms with Gasteiger partial charge in [0.15, 0.2) is 0 Å². The van der Waals surface area contributed by atoms with Crippen molar-refractivity contribution in [1.29, 1.82) is 0 Å². The molecule has 0 spiro atoms. The van der Waals surface area contributed by atoms with E-state index in [1.54, 1.807) is 6.92 Å². The van der Waals surface area contributed by atoms with Gasteiger partial charge < -0.3 is 4.74 Å². The number of hydrogen-bond acceptors (Lipinski definition) is 5. The second-order valence-corrected chi connectivity index (χ2v) is 5.51. The van der Waals surface area contributed by atoms with Crippen molar-refractivity contribution in [2.45, 2.75) is 32.6 Å². The third-order valence-corrected chi connectivity index (χ3v) is 4.47. The maximum Gasteiger partial charge on any atom is 0.321 e. The van der Waals surface area contributed by atoms with Crippen LogP contribution >= 0.6 is 0 Å². The minimum absolute atomic E-state index is 0.00107. The largest absolute Gasteiger partial charge is 0.392 e. The summed E-state index contributed by atoms with van der Waals surface area (Å²) in [5.74, 6) is -2.39. The lowest BCUT2D eigenvalue weighted by Gasteiger charge is -2.27. The number of rotatable bonds is 1. The number of cyclic esters (lactones) is 2. The molecule has 1 saturated heterocycles. The summed E-state index contributed by atoms with van der Waals surface area (Å²) in [4.78, 5) is 46.4. The first kappa shape index (κ1) is 12.3. The summed E-state index contributed by atoms with van der Waals surface area (Å²) in [6.07, 6.45) is 1.36. The van der Waals surface area contributed by atoms with Gasteiger partial charge in [0.1, 0.15) is 11.6 Å². The van der Waals surface area contributed by atoms with Crippen LogP contribution in [0.15, 0.2) is 11.1 Å². The molecule has 5 nitrogen and oxygen atoms in total. The van der Waals surface area contributed by atoms with Crippen LogP contribution in [0.1, 0.15) is 32.6 Å². The van der Waals surface area contributed by atoms with Gasteiger partial charge in [0.25, 0.3) is 0 Å². The molecule has 0 bridgehead atoms. The average Bonchev–Trinajstić information content (AvgIpc) is 2.81. The lowest BCUT2D eigenvalue weighted by Crippen LogP contribution is -2.27. The molecule has 0 radical (unpaired) electrons. The van der Waals surface area contributed by atoms with Crippen LogP contribution in [0, 0.1) is 17.8 Å². The molecular formula is C14H14O5. The van der Waals surface area contributed by atoms with E-state index in [0.717, 1.165) is 11.1 Å². The van der Waals surface area contributed by atoms with Gasteiger partial charge in [-0.25, -0.2) is 0 Å². The van der Waals surface area contributed by atoms with Crippen molar-refractivity contribution < 1.29 is 23.9 Å². The molecule has 1 heterocycles. The Morgan fingerprint density at radius 2 is 1.84 bits per heavy atom. The van der Waals surface area contributed by atoms with Gasteiger partial charge in [0.2, 0.25) is 0 Å². The molecular weight excluding hydrogens is 248 g/mol. The van der Waals surface area contributed by atoms with Crippen LogP contribution in [0.25, 0.3) is 0 Å². The molecule has 0 aromatic rings. The van der Waals surface area contributed by atoms with E-state index in [0.29, 0.717) is 12.8 Å². The van der Waals surface area contributed by atoms with E-state index >= 15 is 0 Å². The van der Waals surface area contributed by atoms with E-state index in [1.807, 2.05) is 0 Å². The van der Waals surface area contributed by atoms with Crippen LogP contribution in [0.5, 0.6) is 0 Å². The maximum absolute atomic E-state index is 11.8. The highest BCUT2D eigenvalue weighted by atomic mass is 16.6. The third kappa shape index (κ3) is 1.76. The molecule has 3 aliphatic rings. The van der Waals surface area contributed by atoms with Crippen molar-refractivity contribution in [1.82, 2.24) is 0 Å². The first-order chi connectivity index (χ1) is 8.99. The topological polar surface area (TPSA) is 77.5 Å². The predicted molar refractivity (Wildman–Crippen MR) is 62.8 cm³/mol. The summed E-state index contributed by atoms with van der Waals surface area (Å²) >= 11 is 0. The number of esters is 2. The van der Waals surface area contributed by atoms with E-state index in [-0.39, 0.29) is 30.3 Å². The summed E-state index contributed by atoms with van der Waals surface area (Å²) in [7, 11) is 0. The van der Waals surface area contributed by atoms with Crippen molar-refractivity contribution in [3.63, 3.8) is 0 Å². The molecule has 3 atom stereocenters. The fourth-order valence-electron chi connectivity index (χ4n) is 3.51. The van der Waals surface area contributed by atoms with Crippen LogP contribution in [0.3, 0.4) is 0 Å². The molecule has 0 aromatic carbocycles. The molecule has 3 unspecified atom stereocenters. The van der Waals surface area contributed by atoms with Crippen LogP contribution < -0.4 is 0 Å². The Balaban J connectivity index is 1.97. The second-order valence-electron chi connectivity index (χ2n) is 5.51. The quantitative estimate of drug-likeness (QED) is 0.399. The maximum atomic E-state index is 11.8. The molecule has 1 aliphatic heterocycles. The summed E-state index contributed by atoms with van der Waals surface area (Å²) in [5.41, 5.74) is 1.64. The Bertz CT molecular complexity index is 542. The Morgan fingerprint density at radius 1 is 1.11 bits per heavy atom. The molecule has 100 valence electrons. The average molecular weight is 262 g/mol. The lowest BCUT2D eigenvalue weighted by atomic mass is 9.73. The molecule has 3 rings (SSSR count). The molecule has 0 aromatic heterocycles. The smallest absolute Gasteiger partial charge is 0.321 e. The van der Waals surface area contributed by atoms with Gasteiger partial charge in [-0.2, -0.15) is 0 Å². The van der Waals surface area contributed by atoms with E-state index in [1.165, 1.54) is 0 Å². The highest BCUT2D eigenvalue weighted by Crippen LogP contribution is 2.44. The fourth-order valence-corrected chi connectivity index (χ4v) is 3.51. The normalized spacial score (nSPS) is 34.9. The number of ether oxygens (including phenoxy) is 1. The van der Waals surface area contributed by atoms with E-state index in [9.17, 15) is 19.2 Å². The minimum atomic E-state index is -0.542. The first-order valence-electron chi connectivity index (χ1n) is 6.48. The standard InChI is InChI=1S/C14H14O5/c1-6-8(10-4-7(15)5-11(10)16)2-3-9-12(6)14(18)19-13(9)17/h9-10,12H,2-5H2,1H3. The highest BCUT2D eigenvalue weighted by Gasteiger charge is 2.49. The van der Waals surface area contributed by atoms with Crippen molar-refractivity contribution in [3.8, 4) is 0 Å². The Morgan fingerprint density at radius 3 is 2.47 bits per heavy atom. The first-order valence-corrected chi connectivity index (χ1v) is 6.48. The SMILES string of the molecule is CC1=C(C2CC(=O)CC2=O)CCC2C(=O)OC(=O)C12. The predicted octanol–water partition coefficient (Wildman–Crippen LogP) is 0.961. The molecule has 5 heteroatoms. The molecule has 2 aliphatic carbocycles. The van der Waals surface area contributed by atoms with Crippen LogP contribution in [-0.2, 0) is 23.9 Å². The summed E-state index contributed by atoms with van der Waals surface area (Å²) in [6.45, 7) is 1.78. The molecule has 1 saturated carbocycles. The van der Waals surface area contributed by atoms with E-state index in [4.69, 9.17) is 0 Å². The number of carbonyl (C=O) groups excluding carboxylic acids is 4. The van der Waals surface area contributed by atoms with Gasteiger partial charge in [0.05, 0.1) is 18.3 Å². The molecule has 2 fully saturated rings. The monoisotopic (exact) mass is 262 g/mol. The zero-order valence-corrected chi connectivity index (χ0v) is 10.6. The van der Waals surface area contributed by atoms with Crippen molar-refractivity contribution >= 4 is 23.5 Å². The van der Waals surface area contributed by atoms with Crippen molar-refractivity contribution in [2.75, 3.05) is 0 Å². The number of fused-ring (bicyclic) bond motifs is 1. The Labute approximate surface area is 110 Å². The van der Waals surface area contributed by atoms with Gasteiger partial charge in [0, 0.05) is 12.3 Å². The van der Waals surface area contributed by atoms with Crippen molar-refractivity contribution in [2.24, 2.45) is 17.8 Å². The number of Topliss-reactive ketones (excluding diaryl/α,β-unsaturated/α-hetero) is 2. The van der Waals surface area contributed by atoms with Crippen LogP contribution in [0.4, 0.5) is 0 Å². The number of carbonyl (C=O) groups is 4. The zero-order valence-electron chi connectivity index (χ0n) is 10.6. The van der Waals surface area contributed by atoms with E-state index in [2.05, 4.69) is 4.74 Å². The van der Waals surface area contributed by atoms with Gasteiger partial charge in [-0.15, -0.1) is 0 Å². The van der Waals surface area contributed by atoms with Crippen molar-refractivity contribution in [3.05, 3.63) is 11.1 Å². The van der Waals surface area contributed by atoms with Gasteiger partial charge in [-0.05, 0) is 19.8 Å². The lowest BCUT2D eigenvalue weighted by molar-refractivity contribution is -0.153. The highest BCUT2D eigenvalue weighted by molar-refractivity contribution is 6.08. The number of ketones is 2. The summed E-state index contributed by atoms with van der Waals surface area (Å²) in [6, 6.07) is 0. The Hall–Kier alpha value is -1.78. The summed E-state index contributed by atoms with van der Waals surface area (Å²) < 4.78 is 4.67. The van der Waals surface area contributed by atoms with Gasteiger partial charge in [-0.1, -0.05) is 11.1 Å². The van der Waals surface area contributed by atoms with Crippen LogP contribution in [0.2, 0.25) is 0 Å².